The zero-order valence-electron chi connectivity index (χ0n) is 36.6. The number of rotatable bonds is 41. The van der Waals surface area contributed by atoms with Gasteiger partial charge in [-0.1, -0.05) is 172 Å². The van der Waals surface area contributed by atoms with Crippen molar-refractivity contribution in [1.29, 1.82) is 0 Å². The Labute approximate surface area is 340 Å². The van der Waals surface area contributed by atoms with Crippen LogP contribution in [0.15, 0.2) is 36.5 Å². The van der Waals surface area contributed by atoms with Crippen LogP contribution in [-0.4, -0.2) is 68.5 Å². The summed E-state index contributed by atoms with van der Waals surface area (Å²) in [6, 6.07) is -0.900. The second-order valence-electron chi connectivity index (χ2n) is 16.7. The molecule has 0 radical (unpaired) electrons. The highest BCUT2D eigenvalue weighted by atomic mass is 31.2. The maximum atomic E-state index is 12.8. The van der Waals surface area contributed by atoms with Crippen molar-refractivity contribution in [3.8, 4) is 0 Å². The van der Waals surface area contributed by atoms with E-state index >= 15 is 0 Å². The van der Waals surface area contributed by atoms with Crippen LogP contribution in [0.3, 0.4) is 0 Å². The van der Waals surface area contributed by atoms with Crippen molar-refractivity contribution in [2.45, 2.75) is 212 Å². The Bertz CT molecular complexity index is 995. The van der Waals surface area contributed by atoms with E-state index < -0.39 is 26.6 Å². The fourth-order valence-corrected chi connectivity index (χ4v) is 7.12. The Kier molecular flexibility index (Phi) is 37.4. The molecular weight excluding hydrogens is 707 g/mol. The summed E-state index contributed by atoms with van der Waals surface area (Å²) in [5.74, 6) is -0.210. The van der Waals surface area contributed by atoms with Gasteiger partial charge in [0, 0.05) is 6.42 Å². The van der Waals surface area contributed by atoms with E-state index in [9.17, 15) is 19.4 Å². The van der Waals surface area contributed by atoms with Crippen LogP contribution in [0.25, 0.3) is 0 Å². The van der Waals surface area contributed by atoms with Crippen LogP contribution in [0, 0.1) is 0 Å². The summed E-state index contributed by atoms with van der Waals surface area (Å²) in [7, 11) is 1.24. The average Bonchev–Trinajstić information content (AvgIpc) is 3.13. The number of quaternary nitrogens is 1. The third-order valence-corrected chi connectivity index (χ3v) is 11.0. The number of nitrogens with one attached hydrogen (secondary N) is 1. The molecule has 0 heterocycles. The van der Waals surface area contributed by atoms with Crippen LogP contribution >= 0.6 is 7.82 Å². The van der Waals surface area contributed by atoms with Crippen LogP contribution in [0.4, 0.5) is 0 Å². The van der Waals surface area contributed by atoms with Crippen LogP contribution < -0.4 is 10.2 Å². The lowest BCUT2D eigenvalue weighted by molar-refractivity contribution is -0.870. The van der Waals surface area contributed by atoms with E-state index in [1.165, 1.54) is 141 Å². The number of aliphatic hydroxyl groups is 1. The number of likely N-dealkylation sites (N-methyl/N-ethyl adjacent to an activating group) is 1. The van der Waals surface area contributed by atoms with E-state index in [4.69, 9.17) is 9.05 Å². The molecule has 8 nitrogen and oxygen atoms in total. The topological polar surface area (TPSA) is 108 Å². The number of amides is 1. The van der Waals surface area contributed by atoms with E-state index in [2.05, 4.69) is 43.5 Å². The smallest absolute Gasteiger partial charge is 0.268 e. The van der Waals surface area contributed by atoms with Gasteiger partial charge < -0.3 is 28.8 Å². The highest BCUT2D eigenvalue weighted by molar-refractivity contribution is 7.45. The van der Waals surface area contributed by atoms with E-state index in [0.717, 1.165) is 38.5 Å². The van der Waals surface area contributed by atoms with Gasteiger partial charge in [-0.15, -0.1) is 0 Å². The van der Waals surface area contributed by atoms with Gasteiger partial charge in [0.15, 0.2) is 0 Å². The number of carbonyl (C=O) groups excluding carboxylic acids is 1. The van der Waals surface area contributed by atoms with Crippen molar-refractivity contribution < 1.29 is 32.9 Å². The Balaban J connectivity index is 4.34. The van der Waals surface area contributed by atoms with Gasteiger partial charge in [0.1, 0.15) is 13.2 Å². The lowest BCUT2D eigenvalue weighted by Crippen LogP contribution is -2.45. The van der Waals surface area contributed by atoms with Crippen LogP contribution in [0.5, 0.6) is 0 Å². The minimum absolute atomic E-state index is 0.00633. The first kappa shape index (κ1) is 53.7. The number of aliphatic hydroxyl groups excluding tert-OH is 1. The monoisotopic (exact) mass is 797 g/mol. The van der Waals surface area contributed by atoms with Crippen molar-refractivity contribution in [2.75, 3.05) is 40.9 Å². The Hall–Kier alpha value is -1.28. The fourth-order valence-electron chi connectivity index (χ4n) is 6.40. The summed E-state index contributed by atoms with van der Waals surface area (Å²) in [6.45, 7) is 4.60. The fraction of sp³-hybridized carbons (Fsp3) is 0.848. The van der Waals surface area contributed by atoms with Gasteiger partial charge in [-0.05, 0) is 57.8 Å². The van der Waals surface area contributed by atoms with Crippen LogP contribution in [0.2, 0.25) is 0 Å². The molecule has 3 atom stereocenters. The first-order chi connectivity index (χ1) is 26.5. The van der Waals surface area contributed by atoms with Crippen LogP contribution in [0.1, 0.15) is 200 Å². The Morgan fingerprint density at radius 2 is 1.02 bits per heavy atom. The summed E-state index contributed by atoms with van der Waals surface area (Å²) in [4.78, 5) is 25.3. The lowest BCUT2D eigenvalue weighted by Gasteiger charge is -2.29. The van der Waals surface area contributed by atoms with Gasteiger partial charge in [0.2, 0.25) is 5.91 Å². The lowest BCUT2D eigenvalue weighted by atomic mass is 10.0. The second kappa shape index (κ2) is 38.2. The third kappa shape index (κ3) is 40.7. The second-order valence-corrected chi connectivity index (χ2v) is 18.2. The van der Waals surface area contributed by atoms with Crippen LogP contribution in [-0.2, 0) is 18.4 Å². The molecule has 0 rings (SSSR count). The van der Waals surface area contributed by atoms with Gasteiger partial charge >= 0.3 is 0 Å². The molecule has 0 aliphatic rings. The number of carbonyl (C=O) groups is 1. The van der Waals surface area contributed by atoms with Crippen molar-refractivity contribution in [3.63, 3.8) is 0 Å². The number of phosphoric ester groups is 1. The molecule has 0 aromatic heterocycles. The molecule has 0 aliphatic carbocycles. The van der Waals surface area contributed by atoms with Crippen molar-refractivity contribution >= 4 is 13.7 Å². The first-order valence-corrected chi connectivity index (χ1v) is 24.3. The van der Waals surface area contributed by atoms with Crippen molar-refractivity contribution in [3.05, 3.63) is 36.5 Å². The minimum atomic E-state index is -4.59. The molecule has 324 valence electrons. The Morgan fingerprint density at radius 3 is 1.47 bits per heavy atom. The van der Waals surface area contributed by atoms with E-state index in [1.54, 1.807) is 6.08 Å². The molecule has 0 saturated carbocycles. The molecule has 55 heavy (non-hydrogen) atoms. The molecule has 0 aromatic carbocycles. The molecule has 0 fully saturated rings. The molecule has 0 spiro atoms. The Morgan fingerprint density at radius 1 is 0.618 bits per heavy atom. The van der Waals surface area contributed by atoms with Gasteiger partial charge in [-0.2, -0.15) is 0 Å². The number of hydrogen-bond donors (Lipinski definition) is 2. The summed E-state index contributed by atoms with van der Waals surface area (Å²) in [5, 5.41) is 13.7. The zero-order chi connectivity index (χ0) is 40.7. The number of hydrogen-bond acceptors (Lipinski definition) is 6. The molecule has 0 aromatic rings. The maximum Gasteiger partial charge on any atom is 0.268 e. The molecule has 0 saturated heterocycles. The number of allylic oxidation sites excluding steroid dienone is 5. The largest absolute Gasteiger partial charge is 0.756 e. The summed E-state index contributed by atoms with van der Waals surface area (Å²) in [5.41, 5.74) is 0. The highest BCUT2D eigenvalue weighted by Gasteiger charge is 2.23. The zero-order valence-corrected chi connectivity index (χ0v) is 37.5. The average molecular weight is 797 g/mol. The molecule has 0 aliphatic heterocycles. The molecule has 2 N–H and O–H groups in total. The van der Waals surface area contributed by atoms with Crippen molar-refractivity contribution in [1.82, 2.24) is 5.32 Å². The highest BCUT2D eigenvalue weighted by Crippen LogP contribution is 2.38. The minimum Gasteiger partial charge on any atom is -0.756 e. The normalized spacial score (nSPS) is 14.7. The summed E-state index contributed by atoms with van der Waals surface area (Å²) in [6.07, 6.45) is 46.2. The predicted octanol–water partition coefficient (Wildman–Crippen LogP) is 12.1. The molecule has 1 amide bonds. The van der Waals surface area contributed by atoms with E-state index in [1.807, 2.05) is 27.2 Å². The molecule has 9 heteroatoms. The first-order valence-electron chi connectivity index (χ1n) is 22.9. The van der Waals surface area contributed by atoms with Crippen molar-refractivity contribution in [2.24, 2.45) is 0 Å². The van der Waals surface area contributed by atoms with Gasteiger partial charge in [0.25, 0.3) is 7.82 Å². The third-order valence-electron chi connectivity index (χ3n) is 10.1. The quantitative estimate of drug-likeness (QED) is 0.0276. The van der Waals surface area contributed by atoms with Gasteiger partial charge in [-0.3, -0.25) is 9.36 Å². The standard InChI is InChI=1S/C46H89N2O6P/c1-6-8-10-12-14-16-18-20-21-22-23-24-25-26-27-28-30-32-34-36-38-40-46(50)47-44(43-54-55(51,52)53-42-41-48(3,4)5)45(49)39-37-35-33-31-29-19-17-15-13-11-9-7-2/h20-21,29,31,37,39,44-45,49H,6-19,22-28,30,32-36,38,40-43H2,1-5H3,(H-,47,50,51,52)/b21-20+,31-29+,39-37+/t44-,45+/m0/s1. The summed E-state index contributed by atoms with van der Waals surface area (Å²) < 4.78 is 23.2. The molecular formula is C46H89N2O6P. The van der Waals surface area contributed by atoms with E-state index in [0.29, 0.717) is 17.4 Å². The number of unbranched alkanes of at least 4 members (excludes halogenated alkanes) is 24. The SMILES string of the molecule is CCCCCCCC/C=C/CC/C=C/[C@@H](O)[C@H](COP(=O)([O-])OCC[N+](C)(C)C)NC(=O)CCCCCCCCCCCCC/C=C/CCCCCCCC. The number of nitrogens with zero attached hydrogens (tertiary/aromatic N) is 1. The maximum absolute atomic E-state index is 12.8. The van der Waals surface area contributed by atoms with Gasteiger partial charge in [-0.25, -0.2) is 0 Å². The summed E-state index contributed by atoms with van der Waals surface area (Å²) >= 11 is 0. The molecule has 1 unspecified atom stereocenters. The molecule has 0 bridgehead atoms. The predicted molar refractivity (Wildman–Crippen MR) is 233 cm³/mol. The van der Waals surface area contributed by atoms with E-state index in [-0.39, 0.29) is 12.5 Å². The number of phosphoric acid groups is 1. The van der Waals surface area contributed by atoms with Gasteiger partial charge in [0.05, 0.1) is 39.9 Å².